The zero-order chi connectivity index (χ0) is 17.8. The maximum Gasteiger partial charge on any atom is 0.345 e. The molecule has 1 unspecified atom stereocenters. The smallest absolute Gasteiger partial charge is 0.345 e. The molecule has 0 aromatic carbocycles. The summed E-state index contributed by atoms with van der Waals surface area (Å²) in [6, 6.07) is 0. The van der Waals surface area contributed by atoms with E-state index in [1.807, 2.05) is 0 Å². The molecule has 0 aromatic rings. The van der Waals surface area contributed by atoms with Crippen LogP contribution in [0.4, 0.5) is 0 Å². The number of carbonyl (C=O) groups is 3. The van der Waals surface area contributed by atoms with Crippen molar-refractivity contribution in [2.24, 2.45) is 5.92 Å². The second kappa shape index (κ2) is 11.9. The standard InChI is InChI=1S/C18H30O5/c1-6-9-10-11-12-15(14(5)19)13(4)16(17(20)22-7-2)18(21)23-8-3/h15H,6-12H2,1-5H3. The van der Waals surface area contributed by atoms with Gasteiger partial charge in [-0.05, 0) is 39.7 Å². The van der Waals surface area contributed by atoms with E-state index in [1.54, 1.807) is 20.8 Å². The molecule has 0 bridgehead atoms. The zero-order valence-electron chi connectivity index (χ0n) is 15.1. The molecule has 0 rings (SSSR count). The molecule has 0 fully saturated rings. The van der Waals surface area contributed by atoms with E-state index in [-0.39, 0.29) is 24.6 Å². The summed E-state index contributed by atoms with van der Waals surface area (Å²) in [6.45, 7) is 8.92. The second-order valence-corrected chi connectivity index (χ2v) is 5.51. The third kappa shape index (κ3) is 7.44. The monoisotopic (exact) mass is 326 g/mol. The fourth-order valence-electron chi connectivity index (χ4n) is 2.49. The number of carbonyl (C=O) groups excluding carboxylic acids is 3. The predicted molar refractivity (Wildman–Crippen MR) is 88.9 cm³/mol. The van der Waals surface area contributed by atoms with Crippen LogP contribution < -0.4 is 0 Å². The Labute approximate surface area is 139 Å². The van der Waals surface area contributed by atoms with Crippen LogP contribution in [-0.2, 0) is 23.9 Å². The molecule has 0 N–H and O–H groups in total. The lowest BCUT2D eigenvalue weighted by molar-refractivity contribution is -0.146. The quantitative estimate of drug-likeness (QED) is 0.191. The van der Waals surface area contributed by atoms with Gasteiger partial charge >= 0.3 is 11.9 Å². The van der Waals surface area contributed by atoms with E-state index >= 15 is 0 Å². The summed E-state index contributed by atoms with van der Waals surface area (Å²) < 4.78 is 9.91. The van der Waals surface area contributed by atoms with Crippen LogP contribution in [-0.4, -0.2) is 30.9 Å². The minimum absolute atomic E-state index is 0.0508. The SMILES string of the molecule is CCCCCCC(C(C)=O)C(C)=C(C(=O)OCC)C(=O)OCC. The van der Waals surface area contributed by atoms with Crippen molar-refractivity contribution in [3.63, 3.8) is 0 Å². The van der Waals surface area contributed by atoms with E-state index in [0.717, 1.165) is 25.7 Å². The molecule has 5 nitrogen and oxygen atoms in total. The number of Topliss-reactive ketones (excluding diaryl/α,β-unsaturated/α-hetero) is 1. The minimum Gasteiger partial charge on any atom is -0.462 e. The molecule has 23 heavy (non-hydrogen) atoms. The number of hydrogen-bond acceptors (Lipinski definition) is 5. The number of rotatable bonds is 11. The molecule has 0 aliphatic rings. The van der Waals surface area contributed by atoms with Crippen molar-refractivity contribution in [3.8, 4) is 0 Å². The van der Waals surface area contributed by atoms with Gasteiger partial charge in [0.2, 0.25) is 0 Å². The molecule has 0 aromatic heterocycles. The Balaban J connectivity index is 5.43. The van der Waals surface area contributed by atoms with Crippen molar-refractivity contribution in [1.29, 1.82) is 0 Å². The van der Waals surface area contributed by atoms with Crippen molar-refractivity contribution in [2.45, 2.75) is 66.7 Å². The first kappa shape index (κ1) is 21.4. The molecule has 5 heteroatoms. The highest BCUT2D eigenvalue weighted by molar-refractivity contribution is 6.15. The molecule has 0 radical (unpaired) electrons. The summed E-state index contributed by atoms with van der Waals surface area (Å²) in [6.07, 6.45) is 4.76. The molecule has 0 spiro atoms. The van der Waals surface area contributed by atoms with Crippen LogP contribution in [0.3, 0.4) is 0 Å². The van der Waals surface area contributed by atoms with Crippen molar-refractivity contribution in [2.75, 3.05) is 13.2 Å². The summed E-state index contributed by atoms with van der Waals surface area (Å²) in [5.41, 5.74) is 0.315. The number of allylic oxidation sites excluding steroid dienone is 1. The number of hydrogen-bond donors (Lipinski definition) is 0. The number of ether oxygens (including phenoxy) is 2. The number of unbranched alkanes of at least 4 members (excludes halogenated alkanes) is 3. The summed E-state index contributed by atoms with van der Waals surface area (Å²) in [5.74, 6) is -1.94. The van der Waals surface area contributed by atoms with Gasteiger partial charge in [-0.1, -0.05) is 32.6 Å². The molecule has 0 saturated carbocycles. The van der Waals surface area contributed by atoms with Gasteiger partial charge < -0.3 is 9.47 Å². The molecule has 1 atom stereocenters. The predicted octanol–water partition coefficient (Wildman–Crippen LogP) is 3.60. The lowest BCUT2D eigenvalue weighted by Crippen LogP contribution is -2.24. The summed E-state index contributed by atoms with van der Waals surface area (Å²) >= 11 is 0. The second-order valence-electron chi connectivity index (χ2n) is 5.51. The molecule has 0 amide bonds. The summed E-state index contributed by atoms with van der Waals surface area (Å²) in [4.78, 5) is 36.2. The van der Waals surface area contributed by atoms with Crippen LogP contribution >= 0.6 is 0 Å². The van der Waals surface area contributed by atoms with E-state index in [9.17, 15) is 14.4 Å². The Kier molecular flexibility index (Phi) is 11.0. The van der Waals surface area contributed by atoms with E-state index < -0.39 is 17.9 Å². The maximum absolute atomic E-state index is 12.1. The van der Waals surface area contributed by atoms with E-state index in [2.05, 4.69) is 6.92 Å². The molecule has 0 saturated heterocycles. The number of ketones is 1. The minimum atomic E-state index is -0.719. The van der Waals surface area contributed by atoms with Crippen LogP contribution in [0.5, 0.6) is 0 Å². The van der Waals surface area contributed by atoms with Gasteiger partial charge in [-0.3, -0.25) is 4.79 Å². The lowest BCUT2D eigenvalue weighted by Gasteiger charge is -2.18. The Hall–Kier alpha value is -1.65. The average molecular weight is 326 g/mol. The van der Waals surface area contributed by atoms with Crippen LogP contribution in [0, 0.1) is 5.92 Å². The van der Waals surface area contributed by atoms with Crippen LogP contribution in [0.15, 0.2) is 11.1 Å². The van der Waals surface area contributed by atoms with Crippen LogP contribution in [0.25, 0.3) is 0 Å². The lowest BCUT2D eigenvalue weighted by atomic mass is 9.87. The highest BCUT2D eigenvalue weighted by Gasteiger charge is 2.29. The van der Waals surface area contributed by atoms with Crippen molar-refractivity contribution >= 4 is 17.7 Å². The summed E-state index contributed by atoms with van der Waals surface area (Å²) in [7, 11) is 0. The largest absolute Gasteiger partial charge is 0.462 e. The molecular weight excluding hydrogens is 296 g/mol. The van der Waals surface area contributed by atoms with Crippen molar-refractivity contribution in [3.05, 3.63) is 11.1 Å². The van der Waals surface area contributed by atoms with Crippen molar-refractivity contribution in [1.82, 2.24) is 0 Å². The Bertz CT molecular complexity index is 417. The molecule has 132 valence electrons. The Morgan fingerprint density at radius 1 is 0.826 bits per heavy atom. The molecular formula is C18H30O5. The highest BCUT2D eigenvalue weighted by Crippen LogP contribution is 2.24. The van der Waals surface area contributed by atoms with E-state index in [0.29, 0.717) is 12.0 Å². The van der Waals surface area contributed by atoms with Crippen molar-refractivity contribution < 1.29 is 23.9 Å². The molecule has 0 aliphatic carbocycles. The van der Waals surface area contributed by atoms with E-state index in [4.69, 9.17) is 9.47 Å². The van der Waals surface area contributed by atoms with Gasteiger partial charge in [0.25, 0.3) is 0 Å². The Morgan fingerprint density at radius 2 is 1.35 bits per heavy atom. The third-order valence-electron chi connectivity index (χ3n) is 3.71. The maximum atomic E-state index is 12.1. The van der Waals surface area contributed by atoms with Crippen LogP contribution in [0.1, 0.15) is 66.7 Å². The van der Waals surface area contributed by atoms with Crippen LogP contribution in [0.2, 0.25) is 0 Å². The fraction of sp³-hybridized carbons (Fsp3) is 0.722. The van der Waals surface area contributed by atoms with Gasteiger partial charge in [-0.25, -0.2) is 9.59 Å². The number of esters is 2. The van der Waals surface area contributed by atoms with Gasteiger partial charge in [0.1, 0.15) is 11.4 Å². The topological polar surface area (TPSA) is 69.7 Å². The average Bonchev–Trinajstić information content (AvgIpc) is 2.47. The first-order chi connectivity index (χ1) is 10.9. The van der Waals surface area contributed by atoms with E-state index in [1.165, 1.54) is 6.92 Å². The first-order valence-electron chi connectivity index (χ1n) is 8.45. The first-order valence-corrected chi connectivity index (χ1v) is 8.45. The normalized spacial score (nSPS) is 11.5. The van der Waals surface area contributed by atoms with Gasteiger partial charge in [-0.2, -0.15) is 0 Å². The van der Waals surface area contributed by atoms with Gasteiger partial charge in [-0.15, -0.1) is 0 Å². The molecule has 0 heterocycles. The summed E-state index contributed by atoms with van der Waals surface area (Å²) in [5, 5.41) is 0. The zero-order valence-corrected chi connectivity index (χ0v) is 15.1. The third-order valence-corrected chi connectivity index (χ3v) is 3.71. The fourth-order valence-corrected chi connectivity index (χ4v) is 2.49. The highest BCUT2D eigenvalue weighted by atomic mass is 16.6. The van der Waals surface area contributed by atoms with Gasteiger partial charge in [0, 0.05) is 5.92 Å². The molecule has 0 aliphatic heterocycles. The Morgan fingerprint density at radius 3 is 1.74 bits per heavy atom. The van der Waals surface area contributed by atoms with Gasteiger partial charge in [0.15, 0.2) is 0 Å². The van der Waals surface area contributed by atoms with Gasteiger partial charge in [0.05, 0.1) is 13.2 Å².